The van der Waals surface area contributed by atoms with Crippen molar-refractivity contribution >= 4 is 107 Å². The molecule has 0 N–H and O–H groups in total. The van der Waals surface area contributed by atoms with E-state index in [1.807, 2.05) is 58.4 Å². The van der Waals surface area contributed by atoms with Gasteiger partial charge in [0.25, 0.3) is 0 Å². The van der Waals surface area contributed by atoms with Gasteiger partial charge in [0, 0.05) is 75.9 Å². The maximum Gasteiger partial charge on any atom is 0.305 e. The van der Waals surface area contributed by atoms with Crippen LogP contribution >= 0.6 is 35.0 Å². The van der Waals surface area contributed by atoms with Crippen LogP contribution in [0.25, 0.3) is 0 Å². The Labute approximate surface area is 638 Å². The summed E-state index contributed by atoms with van der Waals surface area (Å²) in [7, 11) is -2.57. The summed E-state index contributed by atoms with van der Waals surface area (Å²) in [5.74, 6) is -0.594. The van der Waals surface area contributed by atoms with Gasteiger partial charge in [0.05, 0.1) is 38.3 Å². The Kier molecular flexibility index (Phi) is 78.4. The van der Waals surface area contributed by atoms with Gasteiger partial charge < -0.3 is 42.1 Å². The van der Waals surface area contributed by atoms with Crippen LogP contribution in [0.15, 0.2) is 64.7 Å². The first kappa shape index (κ1) is 119. The molecule has 2 fully saturated rings. The van der Waals surface area contributed by atoms with Crippen molar-refractivity contribution in [2.75, 3.05) is 85.0 Å². The summed E-state index contributed by atoms with van der Waals surface area (Å²) >= 11 is 12.3. The molecule has 2 heterocycles. The first-order valence-corrected chi connectivity index (χ1v) is 47.2. The third kappa shape index (κ3) is 106. The molecule has 0 amide bonds. The van der Waals surface area contributed by atoms with Gasteiger partial charge in [-0.05, 0) is 144 Å². The molecule has 2 aliphatic heterocycles. The number of thioether (sulfide) groups is 1. The Hall–Kier alpha value is -2.98. The Morgan fingerprint density at radius 1 is 0.614 bits per heavy atom. The topological polar surface area (TPSA) is 227 Å². The molecule has 0 bridgehead atoms. The first-order valence-electron chi connectivity index (χ1n) is 34.3. The lowest BCUT2D eigenvalue weighted by molar-refractivity contribution is -0.302. The van der Waals surface area contributed by atoms with Gasteiger partial charge in [-0.15, -0.1) is 0 Å². The highest BCUT2D eigenvalue weighted by molar-refractivity contribution is 7.97. The Bertz CT molecular complexity index is 2440. The van der Waals surface area contributed by atoms with Crippen molar-refractivity contribution in [3.05, 3.63) is 81.4 Å². The summed E-state index contributed by atoms with van der Waals surface area (Å²) in [6, 6.07) is 20.9. The van der Waals surface area contributed by atoms with E-state index in [0.29, 0.717) is 53.6 Å². The maximum absolute atomic E-state index is 11.5. The predicted molar refractivity (Wildman–Crippen MR) is 441 cm³/mol. The smallest absolute Gasteiger partial charge is 0.305 e. The monoisotopic (exact) mass is 1570 g/mol. The molecule has 101 heavy (non-hydrogen) atoms. The zero-order chi connectivity index (χ0) is 82.6. The van der Waals surface area contributed by atoms with E-state index in [1.165, 1.54) is 64.8 Å². The van der Waals surface area contributed by atoms with Gasteiger partial charge in [-0.1, -0.05) is 209 Å². The molecule has 0 saturated carbocycles. The fourth-order valence-corrected chi connectivity index (χ4v) is 13.3. The largest absolute Gasteiger partial charge is 0.456 e. The van der Waals surface area contributed by atoms with Gasteiger partial charge in [-0.3, -0.25) is 28.2 Å². The number of fused-ring (bicyclic) bond motifs is 1. The van der Waals surface area contributed by atoms with E-state index in [0.717, 1.165) is 36.5 Å². The molecule has 2 aromatic rings. The number of hydrogen-bond acceptors (Lipinski definition) is 18. The van der Waals surface area contributed by atoms with E-state index < -0.39 is 49.2 Å². The van der Waals surface area contributed by atoms with Crippen LogP contribution in [-0.2, 0) is 92.7 Å². The van der Waals surface area contributed by atoms with Crippen molar-refractivity contribution in [1.82, 2.24) is 0 Å². The summed E-state index contributed by atoms with van der Waals surface area (Å²) in [6.45, 7) is 64.8. The lowest BCUT2D eigenvalue weighted by Crippen LogP contribution is -2.52. The number of carbonyl (C=O) groups excluding carboxylic acids is 6. The van der Waals surface area contributed by atoms with Crippen LogP contribution in [0, 0.1) is 16.2 Å². The zero-order valence-electron chi connectivity index (χ0n) is 71.0. The van der Waals surface area contributed by atoms with E-state index in [-0.39, 0.29) is 59.8 Å². The number of benzene rings is 2. The molecule has 0 unspecified atom stereocenters. The second kappa shape index (κ2) is 66.5. The predicted octanol–water partition coefficient (Wildman–Crippen LogP) is 20.5. The van der Waals surface area contributed by atoms with Crippen LogP contribution in [0.1, 0.15) is 234 Å². The zero-order valence-corrected chi connectivity index (χ0v) is 77.0. The fraction of sp³-hybridized carbons (Fsp3) is 0.740. The molecule has 2 aromatic carbocycles. The van der Waals surface area contributed by atoms with Crippen LogP contribution in [0.2, 0.25) is 38.3 Å². The highest BCUT2D eigenvalue weighted by Crippen LogP contribution is 2.38. The average Bonchev–Trinajstić information content (AvgIpc) is 1.68. The minimum Gasteiger partial charge on any atom is -0.456 e. The number of methoxy groups -OCH3 is 1. The lowest BCUT2D eigenvalue weighted by Gasteiger charge is -2.43. The molecule has 0 radical (unpaired) electrons. The fourth-order valence-electron chi connectivity index (χ4n) is 6.18. The summed E-state index contributed by atoms with van der Waals surface area (Å²) in [5.41, 5.74) is 5.75. The van der Waals surface area contributed by atoms with Crippen molar-refractivity contribution in [2.45, 2.75) is 274 Å². The van der Waals surface area contributed by atoms with Gasteiger partial charge in [-0.25, -0.2) is 8.42 Å². The number of hydrogen-bond donors (Lipinski definition) is 0. The second-order valence-corrected chi connectivity index (χ2v) is 45.0. The molecule has 17 nitrogen and oxygen atoms in total. The van der Waals surface area contributed by atoms with Crippen molar-refractivity contribution < 1.29 is 78.7 Å². The van der Waals surface area contributed by atoms with Crippen molar-refractivity contribution in [1.29, 1.82) is 0 Å². The minimum absolute atomic E-state index is 0.0421. The number of carbonyl (C=O) groups is 6. The average molecular weight is 1570 g/mol. The number of esters is 2. The molecule has 1 spiro atoms. The van der Waals surface area contributed by atoms with E-state index in [9.17, 15) is 41.4 Å². The highest BCUT2D eigenvalue weighted by atomic mass is 35.5. The quantitative estimate of drug-likeness (QED) is 0.0932. The van der Waals surface area contributed by atoms with Crippen molar-refractivity contribution in [2.24, 2.45) is 16.2 Å². The van der Waals surface area contributed by atoms with Crippen LogP contribution in [0.3, 0.4) is 0 Å². The molecule has 600 valence electrons. The van der Waals surface area contributed by atoms with Crippen LogP contribution in [0.5, 0.6) is 0 Å². The van der Waals surface area contributed by atoms with Crippen molar-refractivity contribution in [3.63, 3.8) is 0 Å². The molecule has 3 aliphatic rings. The van der Waals surface area contributed by atoms with Gasteiger partial charge in [0.1, 0.15) is 31.7 Å². The molecule has 24 heteroatoms. The SMILES string of the molecule is CC.CC(=O)CC(C)=O.CC(=O)OCOC(C)=O.CC(C)(C)C.CC(C)(C)C.CC(C)(C)c1ccccc1.CC(C)=C(Cl)Cl.CC(C)=O.CC1(C)CC(=O)c2ccccc21.CCC1OCC2(CO1)COC(CC)OC2.CC[Si](C)(C)O[Si](C)(C)CC.COC.CS(C)(=O)=O.CS(C)=O.CSC. The summed E-state index contributed by atoms with van der Waals surface area (Å²) in [6.07, 6.45) is 12.1. The maximum atomic E-state index is 11.5. The summed E-state index contributed by atoms with van der Waals surface area (Å²) < 4.78 is 70.6. The van der Waals surface area contributed by atoms with Gasteiger partial charge in [-0.2, -0.15) is 11.8 Å². The normalized spacial score (nSPS) is 15.7. The number of Topliss-reactive ketones (excluding diaryl/α,β-unsaturated/α-hetero) is 4. The molecule has 0 atom stereocenters. The number of ether oxygens (including phenoxy) is 7. The molecule has 0 aromatic heterocycles. The van der Waals surface area contributed by atoms with Crippen LogP contribution in [0.4, 0.5) is 0 Å². The third-order valence-corrected chi connectivity index (χ3v) is 19.4. The molecule has 1 aliphatic carbocycles. The van der Waals surface area contributed by atoms with E-state index in [1.54, 1.807) is 38.5 Å². The van der Waals surface area contributed by atoms with Crippen molar-refractivity contribution in [3.8, 4) is 0 Å². The molecule has 5 rings (SSSR count). The number of ketones is 4. The van der Waals surface area contributed by atoms with Crippen LogP contribution < -0.4 is 0 Å². The number of sulfone groups is 1. The van der Waals surface area contributed by atoms with Gasteiger partial charge in [0.15, 0.2) is 35.0 Å². The van der Waals surface area contributed by atoms with Gasteiger partial charge >= 0.3 is 11.9 Å². The van der Waals surface area contributed by atoms with E-state index in [2.05, 4.69) is 195 Å². The Balaban J connectivity index is -0.000000113. The van der Waals surface area contributed by atoms with E-state index in [4.69, 9.17) is 46.3 Å². The molecular weight excluding hydrogens is 1420 g/mol. The molecule has 2 saturated heterocycles. The summed E-state index contributed by atoms with van der Waals surface area (Å²) in [4.78, 5) is 61.0. The Morgan fingerprint density at radius 2 is 0.871 bits per heavy atom. The van der Waals surface area contributed by atoms with Crippen LogP contribution in [-0.4, -0.2) is 162 Å². The van der Waals surface area contributed by atoms with E-state index >= 15 is 0 Å². The first-order chi connectivity index (χ1) is 45.5. The Morgan fingerprint density at radius 3 is 1.06 bits per heavy atom. The van der Waals surface area contributed by atoms with Gasteiger partial charge in [0.2, 0.25) is 6.79 Å². The molecular formula is C77H150Cl2O17S3Si2. The summed E-state index contributed by atoms with van der Waals surface area (Å²) in [5, 5.41) is 0. The standard InChI is InChI=1S/C11H20O4.C11H12O.C10H14.C8H22OSi2.C5H8O4.C5H8O2.2C5H12.C4H6Cl2.C3H6O.C2H6O2S.C2H6OS.C2H6O.C2H6S.C2H6/c1-3-9-12-5-11(6-13-9)7-14-10(4-2)15-8-11;1-11(2)7-10(12)8-5-3-4-6-9(8)11;1-10(2,3)9-7-5-4-6-8-9;1-7-10(3,4)9-11(5,6)8-2;1-4(6)8-3-9-5(2)7;1-4(6)3-5(2)7;2*1-5(2,3)4;1-3(2)4(5)6;1-3(2)4;1-5(2,3)4;1-4(2)3;2*1-3-2;1-2/h9-10H,3-8H2,1-2H3;3-6H,7H2,1-2H3;4-8H,1-3H3;7-8H2,1-6H3;3H2,1-2H3;3H2,1-2H3;2*1-4H3;1-2H3;1-2H3;1-2H3;1-2H3;2*1-2H3;1-2H3. The second-order valence-electron chi connectivity index (χ2n) is 30.2. The number of allylic oxidation sites excluding steroid dienone is 1. The highest BCUT2D eigenvalue weighted by Gasteiger charge is 2.41. The minimum atomic E-state index is -2.67. The number of rotatable bonds is 10. The number of halogens is 2. The lowest BCUT2D eigenvalue weighted by atomic mass is 9.87. The third-order valence-electron chi connectivity index (χ3n) is 10.8.